The van der Waals surface area contributed by atoms with Gasteiger partial charge in [-0.25, -0.2) is 17.1 Å². The molecule has 1 fully saturated rings. The monoisotopic (exact) mass is 414 g/mol. The molecule has 2 rings (SSSR count). The molecule has 1 aliphatic rings. The summed E-state index contributed by atoms with van der Waals surface area (Å²) in [7, 11) is 0.175. The van der Waals surface area contributed by atoms with E-state index in [0.29, 0.717) is 32.6 Å². The Balaban J connectivity index is 1.91. The first kappa shape index (κ1) is 22.6. The van der Waals surface area contributed by atoms with Gasteiger partial charge in [0.25, 0.3) is 0 Å². The van der Waals surface area contributed by atoms with E-state index in [9.17, 15) is 12.8 Å². The predicted molar refractivity (Wildman–Crippen MR) is 109 cm³/mol. The van der Waals surface area contributed by atoms with Crippen molar-refractivity contribution in [2.24, 2.45) is 4.99 Å². The lowest BCUT2D eigenvalue weighted by molar-refractivity contribution is -0.0605. The molecular weight excluding hydrogens is 383 g/mol. The summed E-state index contributed by atoms with van der Waals surface area (Å²) in [4.78, 5) is 6.47. The number of nitrogens with zero attached hydrogens (tertiary/aromatic N) is 3. The molecule has 1 aromatic carbocycles. The second-order valence-electron chi connectivity index (χ2n) is 6.94. The first-order valence-electron chi connectivity index (χ1n) is 9.57. The van der Waals surface area contributed by atoms with Gasteiger partial charge < -0.3 is 15.0 Å². The molecule has 0 radical (unpaired) electrons. The van der Waals surface area contributed by atoms with Gasteiger partial charge in [-0.2, -0.15) is 0 Å². The van der Waals surface area contributed by atoms with Crippen molar-refractivity contribution in [3.8, 4) is 0 Å². The quantitative estimate of drug-likeness (QED) is 0.419. The van der Waals surface area contributed by atoms with E-state index in [1.54, 1.807) is 33.2 Å². The van der Waals surface area contributed by atoms with E-state index in [0.717, 1.165) is 11.5 Å². The van der Waals surface area contributed by atoms with E-state index in [-0.39, 0.29) is 23.8 Å². The summed E-state index contributed by atoms with van der Waals surface area (Å²) in [6, 6.07) is 6.37. The average molecular weight is 415 g/mol. The average Bonchev–Trinajstić information content (AvgIpc) is 2.67. The van der Waals surface area contributed by atoms with E-state index in [1.807, 2.05) is 6.92 Å². The molecule has 2 unspecified atom stereocenters. The van der Waals surface area contributed by atoms with Crippen LogP contribution < -0.4 is 5.32 Å². The van der Waals surface area contributed by atoms with E-state index in [2.05, 4.69) is 15.2 Å². The molecule has 9 heteroatoms. The van der Waals surface area contributed by atoms with Gasteiger partial charge in [-0.3, -0.25) is 4.99 Å². The number of halogens is 1. The molecule has 1 N–H and O–H groups in total. The second kappa shape index (κ2) is 10.2. The third kappa shape index (κ3) is 6.15. The maximum absolute atomic E-state index is 13.2. The number of aliphatic imine (C=N–C) groups is 1. The Morgan fingerprint density at radius 2 is 2.04 bits per heavy atom. The van der Waals surface area contributed by atoms with Gasteiger partial charge in [-0.05, 0) is 38.0 Å². The van der Waals surface area contributed by atoms with Gasteiger partial charge in [-0.1, -0.05) is 12.1 Å². The lowest BCUT2D eigenvalue weighted by Gasteiger charge is -2.38. The SMILES string of the molecule is CCS(=O)(=O)N(C)CCCNC(=NC)N1CC(C)OC(c2ccc(F)cc2)C1. The van der Waals surface area contributed by atoms with E-state index >= 15 is 0 Å². The van der Waals surface area contributed by atoms with Crippen molar-refractivity contribution in [1.82, 2.24) is 14.5 Å². The summed E-state index contributed by atoms with van der Waals surface area (Å²) in [5.41, 5.74) is 0.930. The molecule has 158 valence electrons. The Bertz CT molecular complexity index is 755. The number of guanidine groups is 1. The summed E-state index contributed by atoms with van der Waals surface area (Å²) >= 11 is 0. The van der Waals surface area contributed by atoms with E-state index < -0.39 is 10.0 Å². The zero-order valence-corrected chi connectivity index (χ0v) is 17.9. The molecule has 0 amide bonds. The largest absolute Gasteiger partial charge is 0.367 e. The van der Waals surface area contributed by atoms with Gasteiger partial charge in [0.1, 0.15) is 11.9 Å². The fourth-order valence-electron chi connectivity index (χ4n) is 3.18. The minimum absolute atomic E-state index is 0.00295. The molecule has 0 bridgehead atoms. The van der Waals surface area contributed by atoms with Crippen LogP contribution in [0.3, 0.4) is 0 Å². The van der Waals surface area contributed by atoms with Crippen molar-refractivity contribution < 1.29 is 17.5 Å². The molecule has 1 aromatic rings. The van der Waals surface area contributed by atoms with E-state index in [1.165, 1.54) is 16.4 Å². The van der Waals surface area contributed by atoms with Crippen LogP contribution in [0.5, 0.6) is 0 Å². The standard InChI is InChI=1S/C19H31FN4O3S/c1-5-28(25,26)23(4)12-6-11-22-19(21-3)24-13-15(2)27-18(14-24)16-7-9-17(20)10-8-16/h7-10,15,18H,5-6,11-14H2,1-4H3,(H,21,22). The molecule has 2 atom stereocenters. The number of ether oxygens (including phenoxy) is 1. The van der Waals surface area contributed by atoms with Crippen LogP contribution in [0.15, 0.2) is 29.3 Å². The van der Waals surface area contributed by atoms with Gasteiger partial charge in [0.2, 0.25) is 10.0 Å². The van der Waals surface area contributed by atoms with Gasteiger partial charge in [0, 0.05) is 33.7 Å². The number of benzene rings is 1. The smallest absolute Gasteiger partial charge is 0.213 e. The summed E-state index contributed by atoms with van der Waals surface area (Å²) < 4.78 is 44.2. The Kier molecular flexibility index (Phi) is 8.21. The molecule has 1 aliphatic heterocycles. The number of nitrogens with one attached hydrogen (secondary N) is 1. The molecule has 0 aromatic heterocycles. The van der Waals surface area contributed by atoms with Crippen molar-refractivity contribution in [2.45, 2.75) is 32.5 Å². The predicted octanol–water partition coefficient (Wildman–Crippen LogP) is 1.83. The third-order valence-corrected chi connectivity index (χ3v) is 6.65. The number of morpholine rings is 1. The van der Waals surface area contributed by atoms with Gasteiger partial charge in [0.05, 0.1) is 18.4 Å². The normalized spacial score (nSPS) is 21.2. The molecule has 1 saturated heterocycles. The van der Waals surface area contributed by atoms with Crippen LogP contribution in [0.25, 0.3) is 0 Å². The first-order chi connectivity index (χ1) is 13.3. The number of sulfonamides is 1. The Morgan fingerprint density at radius 1 is 1.36 bits per heavy atom. The van der Waals surface area contributed by atoms with Gasteiger partial charge in [0.15, 0.2) is 5.96 Å². The van der Waals surface area contributed by atoms with Crippen molar-refractivity contribution in [3.05, 3.63) is 35.6 Å². The van der Waals surface area contributed by atoms with Crippen LogP contribution >= 0.6 is 0 Å². The van der Waals surface area contributed by atoms with Crippen molar-refractivity contribution in [1.29, 1.82) is 0 Å². The highest BCUT2D eigenvalue weighted by molar-refractivity contribution is 7.89. The first-order valence-corrected chi connectivity index (χ1v) is 11.2. The van der Waals surface area contributed by atoms with Crippen molar-refractivity contribution in [3.63, 3.8) is 0 Å². The maximum Gasteiger partial charge on any atom is 0.213 e. The van der Waals surface area contributed by atoms with E-state index in [4.69, 9.17) is 4.74 Å². The minimum atomic E-state index is -3.15. The van der Waals surface area contributed by atoms with Crippen molar-refractivity contribution in [2.75, 3.05) is 46.0 Å². The molecule has 0 aliphatic carbocycles. The third-order valence-electron chi connectivity index (χ3n) is 4.79. The molecule has 7 nitrogen and oxygen atoms in total. The molecule has 0 saturated carbocycles. The lowest BCUT2D eigenvalue weighted by atomic mass is 10.1. The van der Waals surface area contributed by atoms with Crippen LogP contribution in [-0.2, 0) is 14.8 Å². The maximum atomic E-state index is 13.2. The molecule has 0 spiro atoms. The second-order valence-corrected chi connectivity index (χ2v) is 9.31. The summed E-state index contributed by atoms with van der Waals surface area (Å²) in [5, 5.41) is 3.30. The van der Waals surface area contributed by atoms with Gasteiger partial charge >= 0.3 is 0 Å². The lowest BCUT2D eigenvalue weighted by Crippen LogP contribution is -2.51. The zero-order valence-electron chi connectivity index (χ0n) is 17.1. The Labute approximate surface area is 167 Å². The Hall–Kier alpha value is -1.71. The summed E-state index contributed by atoms with van der Waals surface area (Å²) in [6.45, 7) is 6.02. The fraction of sp³-hybridized carbons (Fsp3) is 0.632. The van der Waals surface area contributed by atoms with Crippen LogP contribution in [0.2, 0.25) is 0 Å². The summed E-state index contributed by atoms with van der Waals surface area (Å²) in [5.74, 6) is 0.593. The summed E-state index contributed by atoms with van der Waals surface area (Å²) in [6.07, 6.45) is 0.516. The van der Waals surface area contributed by atoms with Gasteiger partial charge in [-0.15, -0.1) is 0 Å². The minimum Gasteiger partial charge on any atom is -0.367 e. The topological polar surface area (TPSA) is 74.2 Å². The highest BCUT2D eigenvalue weighted by Crippen LogP contribution is 2.25. The zero-order chi connectivity index (χ0) is 20.7. The number of hydrogen-bond acceptors (Lipinski definition) is 4. The molecule has 1 heterocycles. The van der Waals surface area contributed by atoms with Crippen molar-refractivity contribution >= 4 is 16.0 Å². The fourth-order valence-corrected chi connectivity index (χ4v) is 4.03. The van der Waals surface area contributed by atoms with Crippen LogP contribution in [-0.4, -0.2) is 75.7 Å². The highest BCUT2D eigenvalue weighted by atomic mass is 32.2. The molecular formula is C19H31FN4O3S. The Morgan fingerprint density at radius 3 is 2.64 bits per heavy atom. The van der Waals surface area contributed by atoms with Crippen LogP contribution in [0, 0.1) is 5.82 Å². The van der Waals surface area contributed by atoms with Crippen LogP contribution in [0.4, 0.5) is 4.39 Å². The number of hydrogen-bond donors (Lipinski definition) is 1. The van der Waals surface area contributed by atoms with Crippen LogP contribution in [0.1, 0.15) is 31.9 Å². The highest BCUT2D eigenvalue weighted by Gasteiger charge is 2.28. The molecule has 28 heavy (non-hydrogen) atoms. The number of rotatable bonds is 7.